The summed E-state index contributed by atoms with van der Waals surface area (Å²) in [5.74, 6) is 0.873. The number of nitrogens with zero attached hydrogens (tertiary/aromatic N) is 1. The Labute approximate surface area is 131 Å². The Kier molecular flexibility index (Phi) is 3.73. The number of carbonyl (C=O) groups excluding carboxylic acids is 1. The number of aliphatic hydroxyl groups is 1. The molecule has 0 unspecified atom stereocenters. The third-order valence-corrected chi connectivity index (χ3v) is 4.54. The summed E-state index contributed by atoms with van der Waals surface area (Å²) in [6.45, 7) is 6.40. The van der Waals surface area contributed by atoms with E-state index in [-0.39, 0.29) is 11.9 Å². The molecule has 1 saturated heterocycles. The molecule has 0 aliphatic carbocycles. The zero-order valence-electron chi connectivity index (χ0n) is 13.4. The van der Waals surface area contributed by atoms with E-state index in [1.54, 1.807) is 0 Å². The molecule has 4 nitrogen and oxygen atoms in total. The van der Waals surface area contributed by atoms with Crippen LogP contribution in [0.25, 0.3) is 6.08 Å². The maximum Gasteiger partial charge on any atom is 0.223 e. The molecule has 118 valence electrons. The summed E-state index contributed by atoms with van der Waals surface area (Å²) < 4.78 is 5.98. The van der Waals surface area contributed by atoms with E-state index in [1.807, 2.05) is 56.0 Å². The lowest BCUT2D eigenvalue weighted by Crippen LogP contribution is -2.53. The molecule has 2 aliphatic heterocycles. The second-order valence-electron chi connectivity index (χ2n) is 6.58. The average Bonchev–Trinajstić information content (AvgIpc) is 2.87. The molecule has 0 aromatic heterocycles. The van der Waals surface area contributed by atoms with Gasteiger partial charge >= 0.3 is 0 Å². The van der Waals surface area contributed by atoms with Gasteiger partial charge in [0.25, 0.3) is 0 Å². The number of fused-ring (bicyclic) bond motifs is 1. The third kappa shape index (κ3) is 2.41. The number of hydrogen-bond acceptors (Lipinski definition) is 3. The first kappa shape index (κ1) is 15.1. The van der Waals surface area contributed by atoms with Gasteiger partial charge in [-0.15, -0.1) is 0 Å². The number of rotatable bonds is 2. The lowest BCUT2D eigenvalue weighted by molar-refractivity contribution is -0.139. The molecule has 2 atom stereocenters. The third-order valence-electron chi connectivity index (χ3n) is 4.54. The molecule has 2 heterocycles. The van der Waals surface area contributed by atoms with Gasteiger partial charge < -0.3 is 14.7 Å². The van der Waals surface area contributed by atoms with E-state index in [1.165, 1.54) is 0 Å². The molecule has 1 aromatic carbocycles. The number of benzene rings is 1. The van der Waals surface area contributed by atoms with Gasteiger partial charge in [-0.3, -0.25) is 4.79 Å². The first-order chi connectivity index (χ1) is 10.4. The van der Waals surface area contributed by atoms with Crippen LogP contribution in [0.1, 0.15) is 50.8 Å². The van der Waals surface area contributed by atoms with Gasteiger partial charge in [0, 0.05) is 18.5 Å². The van der Waals surface area contributed by atoms with Crippen molar-refractivity contribution >= 4 is 12.0 Å². The zero-order chi connectivity index (χ0) is 15.9. The molecule has 0 spiro atoms. The van der Waals surface area contributed by atoms with E-state index in [9.17, 15) is 9.90 Å². The second kappa shape index (κ2) is 5.43. The van der Waals surface area contributed by atoms with Gasteiger partial charge in [-0.25, -0.2) is 0 Å². The highest BCUT2D eigenvalue weighted by molar-refractivity contribution is 5.79. The predicted molar refractivity (Wildman–Crippen MR) is 85.6 cm³/mol. The van der Waals surface area contributed by atoms with Crippen molar-refractivity contribution in [2.45, 2.75) is 51.4 Å². The molecule has 1 fully saturated rings. The number of hydrogen-bond donors (Lipinski definition) is 1. The summed E-state index contributed by atoms with van der Waals surface area (Å²) in [5.41, 5.74) is 1.23. The zero-order valence-corrected chi connectivity index (χ0v) is 13.4. The van der Waals surface area contributed by atoms with E-state index < -0.39 is 11.7 Å². The smallest absolute Gasteiger partial charge is 0.223 e. The predicted octanol–water partition coefficient (Wildman–Crippen LogP) is 2.92. The molecule has 4 heteroatoms. The normalized spacial score (nSPS) is 27.1. The minimum Gasteiger partial charge on any atom is -0.485 e. The standard InChI is InChI=1S/C18H23NO3/c1-4-6-12-8-9-14-13(11-12)16(17(21)18(2,3)22-14)19-10-5-7-15(19)20/h4,6,8-9,11,16-17,21H,5,7,10H2,1-3H3/t16-,17+/m1/s1. The maximum atomic E-state index is 12.2. The molecule has 1 aromatic rings. The summed E-state index contributed by atoms with van der Waals surface area (Å²) in [7, 11) is 0. The highest BCUT2D eigenvalue weighted by Crippen LogP contribution is 2.44. The minimum absolute atomic E-state index is 0.115. The number of likely N-dealkylation sites (tertiary alicyclic amines) is 1. The maximum absolute atomic E-state index is 12.2. The van der Waals surface area contributed by atoms with Gasteiger partial charge in [0.2, 0.25) is 5.91 Å². The van der Waals surface area contributed by atoms with Crippen LogP contribution in [0.2, 0.25) is 0 Å². The first-order valence-corrected chi connectivity index (χ1v) is 7.87. The van der Waals surface area contributed by atoms with Crippen LogP contribution in [-0.4, -0.2) is 34.2 Å². The van der Waals surface area contributed by atoms with Gasteiger partial charge in [0.15, 0.2) is 0 Å². The topological polar surface area (TPSA) is 49.8 Å². The van der Waals surface area contributed by atoms with Crippen molar-refractivity contribution in [3.05, 3.63) is 35.4 Å². The van der Waals surface area contributed by atoms with Crippen molar-refractivity contribution < 1.29 is 14.6 Å². The second-order valence-corrected chi connectivity index (χ2v) is 6.58. The number of carbonyl (C=O) groups is 1. The van der Waals surface area contributed by atoms with Crippen LogP contribution in [-0.2, 0) is 4.79 Å². The Hall–Kier alpha value is -1.81. The van der Waals surface area contributed by atoms with Crippen LogP contribution in [0.5, 0.6) is 5.75 Å². The van der Waals surface area contributed by atoms with Gasteiger partial charge in [-0.1, -0.05) is 18.2 Å². The Morgan fingerprint density at radius 2 is 2.18 bits per heavy atom. The molecule has 0 bridgehead atoms. The molecule has 3 rings (SSSR count). The minimum atomic E-state index is -0.747. The van der Waals surface area contributed by atoms with Gasteiger partial charge in [0.1, 0.15) is 17.5 Å². The van der Waals surface area contributed by atoms with Gasteiger partial charge in [-0.2, -0.15) is 0 Å². The fourth-order valence-electron chi connectivity index (χ4n) is 3.38. The van der Waals surface area contributed by atoms with Crippen molar-refractivity contribution in [2.24, 2.45) is 0 Å². The highest BCUT2D eigenvalue weighted by atomic mass is 16.5. The summed E-state index contributed by atoms with van der Waals surface area (Å²) in [6.07, 6.45) is 4.65. The number of amides is 1. The molecule has 22 heavy (non-hydrogen) atoms. The Morgan fingerprint density at radius 1 is 1.41 bits per heavy atom. The van der Waals surface area contributed by atoms with Crippen molar-refractivity contribution in [1.29, 1.82) is 0 Å². The van der Waals surface area contributed by atoms with E-state index in [2.05, 4.69) is 0 Å². The van der Waals surface area contributed by atoms with Gasteiger partial charge in [-0.05, 0) is 44.9 Å². The summed E-state index contributed by atoms with van der Waals surface area (Å²) >= 11 is 0. The Bertz CT molecular complexity index is 621. The lowest BCUT2D eigenvalue weighted by atomic mass is 9.85. The van der Waals surface area contributed by atoms with E-state index in [0.717, 1.165) is 23.3 Å². The average molecular weight is 301 g/mol. The van der Waals surface area contributed by atoms with Crippen molar-refractivity contribution in [2.75, 3.05) is 6.54 Å². The SMILES string of the molecule is CC=Cc1ccc2c(c1)[C@@H](N1CCCC1=O)[C@H](O)C(C)(C)O2. The first-order valence-electron chi connectivity index (χ1n) is 7.87. The van der Waals surface area contributed by atoms with Crippen LogP contribution in [0.15, 0.2) is 24.3 Å². The van der Waals surface area contributed by atoms with Crippen LogP contribution in [0.3, 0.4) is 0 Å². The van der Waals surface area contributed by atoms with Crippen molar-refractivity contribution in [3.63, 3.8) is 0 Å². The van der Waals surface area contributed by atoms with E-state index in [4.69, 9.17) is 4.74 Å². The van der Waals surface area contributed by atoms with Crippen molar-refractivity contribution in [1.82, 2.24) is 4.90 Å². The Morgan fingerprint density at radius 3 is 2.82 bits per heavy atom. The summed E-state index contributed by atoms with van der Waals surface area (Å²) in [6, 6.07) is 5.62. The van der Waals surface area contributed by atoms with E-state index in [0.29, 0.717) is 13.0 Å². The fraction of sp³-hybridized carbons (Fsp3) is 0.500. The summed E-state index contributed by atoms with van der Waals surface area (Å²) in [4.78, 5) is 14.0. The number of ether oxygens (including phenoxy) is 1. The molecule has 1 amide bonds. The van der Waals surface area contributed by atoms with Crippen molar-refractivity contribution in [3.8, 4) is 5.75 Å². The van der Waals surface area contributed by atoms with Crippen LogP contribution in [0, 0.1) is 0 Å². The van der Waals surface area contributed by atoms with Crippen LogP contribution in [0.4, 0.5) is 0 Å². The van der Waals surface area contributed by atoms with Gasteiger partial charge in [0.05, 0.1) is 6.04 Å². The Balaban J connectivity index is 2.10. The number of aliphatic hydroxyl groups excluding tert-OH is 1. The monoisotopic (exact) mass is 301 g/mol. The number of allylic oxidation sites excluding steroid dienone is 1. The molecule has 0 saturated carbocycles. The molecule has 2 aliphatic rings. The van der Waals surface area contributed by atoms with Crippen LogP contribution >= 0.6 is 0 Å². The molecule has 1 N–H and O–H groups in total. The summed E-state index contributed by atoms with van der Waals surface area (Å²) in [5, 5.41) is 10.8. The van der Waals surface area contributed by atoms with E-state index >= 15 is 0 Å². The fourth-order valence-corrected chi connectivity index (χ4v) is 3.38. The molecular weight excluding hydrogens is 278 g/mol. The van der Waals surface area contributed by atoms with Crippen LogP contribution < -0.4 is 4.74 Å². The molecular formula is C18H23NO3. The largest absolute Gasteiger partial charge is 0.485 e. The molecule has 0 radical (unpaired) electrons. The lowest BCUT2D eigenvalue weighted by Gasteiger charge is -2.45. The quantitative estimate of drug-likeness (QED) is 0.913. The highest BCUT2D eigenvalue weighted by Gasteiger charge is 2.47.